The highest BCUT2D eigenvalue weighted by atomic mass is 31.2. The Morgan fingerprint density at radius 3 is 2.71 bits per heavy atom. The molecule has 17 heavy (non-hydrogen) atoms. The second-order valence-electron chi connectivity index (χ2n) is 3.34. The van der Waals surface area contributed by atoms with E-state index in [1.165, 1.54) is 0 Å². The lowest BCUT2D eigenvalue weighted by atomic mass is 10.4. The number of rotatable bonds is 8. The molecule has 7 heteroatoms. The Balaban J connectivity index is 2.50. The zero-order chi connectivity index (χ0) is 12.7. The Hall–Kier alpha value is -0.680. The van der Waals surface area contributed by atoms with Crippen molar-refractivity contribution in [3.8, 4) is 0 Å². The molecule has 0 radical (unpaired) electrons. The summed E-state index contributed by atoms with van der Waals surface area (Å²) in [6.45, 7) is 4.36. The predicted octanol–water partition coefficient (Wildman–Crippen LogP) is 2.59. The van der Waals surface area contributed by atoms with Crippen LogP contribution in [0.3, 0.4) is 0 Å². The molecule has 0 bridgehead atoms. The summed E-state index contributed by atoms with van der Waals surface area (Å²) in [4.78, 5) is 0. The average Bonchev–Trinajstić information content (AvgIpc) is 2.75. The van der Waals surface area contributed by atoms with Gasteiger partial charge in [-0.3, -0.25) is 4.57 Å². The maximum atomic E-state index is 12.0. The van der Waals surface area contributed by atoms with Crippen LogP contribution in [0.15, 0.2) is 10.6 Å². The van der Waals surface area contributed by atoms with Gasteiger partial charge in [-0.05, 0) is 6.92 Å². The van der Waals surface area contributed by atoms with Gasteiger partial charge in [0, 0.05) is 19.3 Å². The number of nitrogens with zero attached hydrogens (tertiary/aromatic N) is 1. The van der Waals surface area contributed by atoms with E-state index in [1.807, 2.05) is 0 Å². The third-order valence-corrected chi connectivity index (χ3v) is 3.97. The molecule has 0 amide bonds. The quantitative estimate of drug-likeness (QED) is 0.671. The molecule has 0 spiro atoms. The summed E-state index contributed by atoms with van der Waals surface area (Å²) in [6.07, 6.45) is 0.337. The highest BCUT2D eigenvalue weighted by molar-refractivity contribution is 7.53. The van der Waals surface area contributed by atoms with Crippen molar-refractivity contribution in [1.29, 1.82) is 0 Å². The van der Waals surface area contributed by atoms with Crippen molar-refractivity contribution in [2.75, 3.05) is 19.9 Å². The number of ether oxygens (including phenoxy) is 1. The summed E-state index contributed by atoms with van der Waals surface area (Å²) in [5, 5.41) is 3.78. The topological polar surface area (TPSA) is 70.8 Å². The molecule has 0 N–H and O–H groups in total. The first-order chi connectivity index (χ1) is 8.13. The third kappa shape index (κ3) is 4.60. The molecule has 0 aliphatic heterocycles. The molecule has 0 saturated carbocycles. The minimum atomic E-state index is -2.98. The van der Waals surface area contributed by atoms with Gasteiger partial charge in [0.2, 0.25) is 0 Å². The lowest BCUT2D eigenvalue weighted by molar-refractivity contribution is 0.155. The van der Waals surface area contributed by atoms with Crippen molar-refractivity contribution in [1.82, 2.24) is 5.16 Å². The van der Waals surface area contributed by atoms with E-state index >= 15 is 0 Å². The normalized spacial score (nSPS) is 14.8. The molecule has 6 nitrogen and oxygen atoms in total. The van der Waals surface area contributed by atoms with Gasteiger partial charge < -0.3 is 18.3 Å². The van der Waals surface area contributed by atoms with Crippen LogP contribution in [0.4, 0.5) is 0 Å². The van der Waals surface area contributed by atoms with Crippen molar-refractivity contribution in [3.05, 3.63) is 17.5 Å². The van der Waals surface area contributed by atoms with E-state index in [-0.39, 0.29) is 6.61 Å². The minimum absolute atomic E-state index is 0.109. The van der Waals surface area contributed by atoms with Gasteiger partial charge in [-0.2, -0.15) is 0 Å². The Morgan fingerprint density at radius 1 is 1.35 bits per heavy atom. The van der Waals surface area contributed by atoms with Crippen LogP contribution in [0.1, 0.15) is 25.3 Å². The highest BCUT2D eigenvalue weighted by Gasteiger charge is 2.21. The molecule has 1 heterocycles. The van der Waals surface area contributed by atoms with Gasteiger partial charge in [0.1, 0.15) is 18.9 Å². The maximum absolute atomic E-state index is 12.0. The number of methoxy groups -OCH3 is 1. The van der Waals surface area contributed by atoms with Crippen molar-refractivity contribution < 1.29 is 22.9 Å². The van der Waals surface area contributed by atoms with Crippen LogP contribution >= 0.6 is 7.60 Å². The van der Waals surface area contributed by atoms with Crippen LogP contribution < -0.4 is 0 Å². The summed E-state index contributed by atoms with van der Waals surface area (Å²) in [7, 11) is -1.42. The first-order valence-corrected chi connectivity index (χ1v) is 7.18. The predicted molar refractivity (Wildman–Crippen MR) is 61.8 cm³/mol. The average molecular weight is 263 g/mol. The minimum Gasteiger partial charge on any atom is -0.377 e. The summed E-state index contributed by atoms with van der Waals surface area (Å²) >= 11 is 0. The Kier molecular flexibility index (Phi) is 5.85. The summed E-state index contributed by atoms with van der Waals surface area (Å²) in [5.41, 5.74) is 0.574. The number of hydrogen-bond donors (Lipinski definition) is 0. The summed E-state index contributed by atoms with van der Waals surface area (Å²) in [5.74, 6) is 0.605. The standard InChI is InChI=1S/C10H18NO5P/c1-4-14-17(12,5-2)15-7-9-6-10(8-13-3)16-11-9/h6H,4-5,7-8H2,1-3H3. The molecule has 0 aromatic carbocycles. The van der Waals surface area contributed by atoms with Crippen LogP contribution in [0, 0.1) is 0 Å². The van der Waals surface area contributed by atoms with E-state index < -0.39 is 7.60 Å². The van der Waals surface area contributed by atoms with Gasteiger partial charge in [0.05, 0.1) is 6.61 Å². The molecular formula is C10H18NO5P. The molecule has 0 saturated heterocycles. The Labute approximate surface area is 101 Å². The molecular weight excluding hydrogens is 245 g/mol. The van der Waals surface area contributed by atoms with Crippen LogP contribution in [-0.4, -0.2) is 25.0 Å². The zero-order valence-corrected chi connectivity index (χ0v) is 11.2. The second-order valence-corrected chi connectivity index (χ2v) is 5.71. The molecule has 1 aromatic heterocycles. The van der Waals surface area contributed by atoms with E-state index in [4.69, 9.17) is 18.3 Å². The van der Waals surface area contributed by atoms with Crippen LogP contribution in [0.25, 0.3) is 0 Å². The van der Waals surface area contributed by atoms with Gasteiger partial charge in [0.15, 0.2) is 5.76 Å². The van der Waals surface area contributed by atoms with Gasteiger partial charge in [0.25, 0.3) is 0 Å². The molecule has 0 aliphatic carbocycles. The smallest absolute Gasteiger partial charge is 0.330 e. The summed E-state index contributed by atoms with van der Waals surface area (Å²) < 4.78 is 32.2. The molecule has 1 aromatic rings. The molecule has 1 atom stereocenters. The third-order valence-electron chi connectivity index (χ3n) is 2.02. The summed E-state index contributed by atoms with van der Waals surface area (Å²) in [6, 6.07) is 1.70. The van der Waals surface area contributed by atoms with Gasteiger partial charge in [-0.15, -0.1) is 0 Å². The number of aromatic nitrogens is 1. The number of hydrogen-bond acceptors (Lipinski definition) is 6. The van der Waals surface area contributed by atoms with Crippen molar-refractivity contribution in [3.63, 3.8) is 0 Å². The van der Waals surface area contributed by atoms with Crippen molar-refractivity contribution in [2.24, 2.45) is 0 Å². The van der Waals surface area contributed by atoms with Gasteiger partial charge in [-0.25, -0.2) is 0 Å². The first-order valence-electron chi connectivity index (χ1n) is 5.45. The van der Waals surface area contributed by atoms with Crippen LogP contribution in [0.2, 0.25) is 0 Å². The Bertz CT molecular complexity index is 379. The first kappa shape index (κ1) is 14.4. The largest absolute Gasteiger partial charge is 0.377 e. The van der Waals surface area contributed by atoms with E-state index in [2.05, 4.69) is 5.16 Å². The van der Waals surface area contributed by atoms with Crippen molar-refractivity contribution in [2.45, 2.75) is 27.1 Å². The monoisotopic (exact) mass is 263 g/mol. The molecule has 0 fully saturated rings. The highest BCUT2D eigenvalue weighted by Crippen LogP contribution is 2.48. The van der Waals surface area contributed by atoms with Crippen LogP contribution in [-0.2, 0) is 31.6 Å². The SMILES string of the molecule is CCOP(=O)(CC)OCc1cc(COC)on1. The van der Waals surface area contributed by atoms with E-state index in [9.17, 15) is 4.57 Å². The van der Waals surface area contributed by atoms with E-state index in [0.717, 1.165) is 0 Å². The molecule has 1 rings (SSSR count). The molecule has 0 aliphatic rings. The fourth-order valence-electron chi connectivity index (χ4n) is 1.22. The fourth-order valence-corrected chi connectivity index (χ4v) is 2.38. The van der Waals surface area contributed by atoms with Gasteiger partial charge in [-0.1, -0.05) is 12.1 Å². The van der Waals surface area contributed by atoms with Gasteiger partial charge >= 0.3 is 7.60 Å². The van der Waals surface area contributed by atoms with Crippen molar-refractivity contribution >= 4 is 7.60 Å². The van der Waals surface area contributed by atoms with Crippen LogP contribution in [0.5, 0.6) is 0 Å². The fraction of sp³-hybridized carbons (Fsp3) is 0.700. The second kappa shape index (κ2) is 6.91. The Morgan fingerprint density at radius 2 is 2.12 bits per heavy atom. The van der Waals surface area contributed by atoms with E-state index in [0.29, 0.717) is 30.8 Å². The lowest BCUT2D eigenvalue weighted by Gasteiger charge is -2.14. The molecule has 98 valence electrons. The lowest BCUT2D eigenvalue weighted by Crippen LogP contribution is -1.98. The maximum Gasteiger partial charge on any atom is 0.330 e. The molecule has 1 unspecified atom stereocenters. The zero-order valence-electron chi connectivity index (χ0n) is 10.3. The van der Waals surface area contributed by atoms with E-state index in [1.54, 1.807) is 27.0 Å².